The molecule has 0 spiro atoms. The topological polar surface area (TPSA) is 84.1 Å². The molecule has 0 saturated heterocycles. The van der Waals surface area contributed by atoms with Crippen LogP contribution in [0, 0.1) is 6.92 Å². The van der Waals surface area contributed by atoms with Crippen molar-refractivity contribution in [3.8, 4) is 0 Å². The summed E-state index contributed by atoms with van der Waals surface area (Å²) in [7, 11) is 0. The Morgan fingerprint density at radius 3 is 2.35 bits per heavy atom. The van der Waals surface area contributed by atoms with Gasteiger partial charge in [-0.15, -0.1) is 0 Å². The minimum absolute atomic E-state index is 0.399. The van der Waals surface area contributed by atoms with Crippen LogP contribution in [-0.2, 0) is 19.2 Å². The van der Waals surface area contributed by atoms with Crippen LogP contribution in [0.4, 0.5) is 0 Å². The summed E-state index contributed by atoms with van der Waals surface area (Å²) in [6.07, 6.45) is 0.923. The van der Waals surface area contributed by atoms with Crippen LogP contribution in [0.2, 0.25) is 0 Å². The van der Waals surface area contributed by atoms with E-state index in [1.807, 2.05) is 19.1 Å². The Morgan fingerprint density at radius 2 is 1.70 bits per heavy atom. The molecular formula is C15H11NO4. The van der Waals surface area contributed by atoms with Crippen LogP contribution in [0.5, 0.6) is 0 Å². The Balaban J connectivity index is 2.18. The van der Waals surface area contributed by atoms with E-state index in [1.165, 1.54) is 6.20 Å². The number of aryl methyl sites for hydroxylation is 1. The van der Waals surface area contributed by atoms with Crippen LogP contribution in [0.25, 0.3) is 10.9 Å². The van der Waals surface area contributed by atoms with Crippen molar-refractivity contribution < 1.29 is 19.2 Å². The van der Waals surface area contributed by atoms with Crippen molar-refractivity contribution >= 4 is 34.0 Å². The molecule has 0 aliphatic heterocycles. The number of rotatable bonds is 1. The first-order valence-corrected chi connectivity index (χ1v) is 6.21. The fourth-order valence-electron chi connectivity index (χ4n) is 2.54. The summed E-state index contributed by atoms with van der Waals surface area (Å²) in [5.41, 5.74) is 2.20. The number of hydrogen-bond acceptors (Lipinski definition) is 4. The van der Waals surface area contributed by atoms with Gasteiger partial charge in [-0.05, 0) is 24.1 Å². The molecule has 0 radical (unpaired) electrons. The zero-order valence-electron chi connectivity index (χ0n) is 10.7. The monoisotopic (exact) mass is 269 g/mol. The minimum Gasteiger partial charge on any atom is -0.361 e. The Labute approximate surface area is 114 Å². The van der Waals surface area contributed by atoms with E-state index in [4.69, 9.17) is 0 Å². The fourth-order valence-corrected chi connectivity index (χ4v) is 2.54. The first-order chi connectivity index (χ1) is 9.49. The predicted molar refractivity (Wildman–Crippen MR) is 70.4 cm³/mol. The van der Waals surface area contributed by atoms with Crippen molar-refractivity contribution in [2.45, 2.75) is 19.3 Å². The predicted octanol–water partition coefficient (Wildman–Crippen LogP) is 1.24. The molecule has 1 saturated carbocycles. The summed E-state index contributed by atoms with van der Waals surface area (Å²) in [6.45, 7) is 1.92. The lowest BCUT2D eigenvalue weighted by Gasteiger charge is -2.16. The molecule has 3 rings (SSSR count). The van der Waals surface area contributed by atoms with Crippen molar-refractivity contribution in [3.63, 3.8) is 0 Å². The van der Waals surface area contributed by atoms with Crippen molar-refractivity contribution in [2.75, 3.05) is 0 Å². The summed E-state index contributed by atoms with van der Waals surface area (Å²) in [6, 6.07) is 5.50. The van der Waals surface area contributed by atoms with Crippen molar-refractivity contribution in [1.82, 2.24) is 4.98 Å². The van der Waals surface area contributed by atoms with Crippen LogP contribution < -0.4 is 0 Å². The summed E-state index contributed by atoms with van der Waals surface area (Å²) in [5.74, 6) is -4.46. The van der Waals surface area contributed by atoms with Crippen LogP contribution >= 0.6 is 0 Å². The van der Waals surface area contributed by atoms with Gasteiger partial charge in [0.25, 0.3) is 0 Å². The van der Waals surface area contributed by atoms with E-state index in [0.717, 1.165) is 11.1 Å². The number of hydrogen-bond donors (Lipinski definition) is 1. The third kappa shape index (κ3) is 1.71. The first-order valence-electron chi connectivity index (χ1n) is 6.21. The average Bonchev–Trinajstić information content (AvgIpc) is 2.80. The molecule has 1 aromatic heterocycles. The molecule has 2 aromatic rings. The molecule has 0 amide bonds. The molecule has 1 aliphatic carbocycles. The van der Waals surface area contributed by atoms with E-state index >= 15 is 0 Å². The molecule has 1 heterocycles. The van der Waals surface area contributed by atoms with E-state index in [2.05, 4.69) is 4.98 Å². The minimum atomic E-state index is -1.29. The van der Waals surface area contributed by atoms with Crippen molar-refractivity contribution in [1.29, 1.82) is 0 Å². The fraction of sp³-hybridized carbons (Fsp3) is 0.200. The Kier molecular flexibility index (Phi) is 2.64. The standard InChI is InChI=1S/C15H11NO4/c1-7-2-3-8-9(6-16-10(8)4-7)13-14(19)11(17)5-12(18)15(13)20/h2-4,6,13,16H,5H2,1H3. The molecule has 0 bridgehead atoms. The lowest BCUT2D eigenvalue weighted by atomic mass is 9.80. The van der Waals surface area contributed by atoms with Gasteiger partial charge in [0.15, 0.2) is 0 Å². The molecule has 1 aromatic carbocycles. The van der Waals surface area contributed by atoms with Gasteiger partial charge in [0.1, 0.15) is 5.92 Å². The Bertz CT molecular complexity index is 758. The zero-order valence-corrected chi connectivity index (χ0v) is 10.7. The van der Waals surface area contributed by atoms with Gasteiger partial charge in [-0.25, -0.2) is 0 Å². The van der Waals surface area contributed by atoms with Gasteiger partial charge in [-0.1, -0.05) is 12.1 Å². The van der Waals surface area contributed by atoms with Crippen LogP contribution in [0.1, 0.15) is 23.5 Å². The lowest BCUT2D eigenvalue weighted by Crippen LogP contribution is -2.40. The third-order valence-corrected chi connectivity index (χ3v) is 3.58. The van der Waals surface area contributed by atoms with E-state index in [1.54, 1.807) is 6.07 Å². The maximum Gasteiger partial charge on any atom is 0.214 e. The molecule has 5 nitrogen and oxygen atoms in total. The smallest absolute Gasteiger partial charge is 0.214 e. The van der Waals surface area contributed by atoms with Gasteiger partial charge < -0.3 is 4.98 Å². The third-order valence-electron chi connectivity index (χ3n) is 3.58. The number of ketones is 4. The van der Waals surface area contributed by atoms with Gasteiger partial charge in [-0.2, -0.15) is 0 Å². The molecule has 1 aliphatic rings. The second kappa shape index (κ2) is 4.23. The molecular weight excluding hydrogens is 258 g/mol. The van der Waals surface area contributed by atoms with Crippen LogP contribution in [0.15, 0.2) is 24.4 Å². The molecule has 0 unspecified atom stereocenters. The Hall–Kier alpha value is -2.56. The zero-order chi connectivity index (χ0) is 14.4. The van der Waals surface area contributed by atoms with Gasteiger partial charge in [0.05, 0.1) is 6.42 Å². The number of nitrogens with one attached hydrogen (secondary N) is 1. The first kappa shape index (κ1) is 12.5. The van der Waals surface area contributed by atoms with Crippen LogP contribution in [-0.4, -0.2) is 28.1 Å². The molecule has 5 heteroatoms. The molecule has 1 N–H and O–H groups in total. The van der Waals surface area contributed by atoms with Gasteiger partial charge >= 0.3 is 0 Å². The summed E-state index contributed by atoms with van der Waals surface area (Å²) >= 11 is 0. The van der Waals surface area contributed by atoms with Crippen LogP contribution in [0.3, 0.4) is 0 Å². The number of carbonyl (C=O) groups excluding carboxylic acids is 4. The quantitative estimate of drug-likeness (QED) is 0.623. The number of H-pyrrole nitrogens is 1. The summed E-state index contributed by atoms with van der Waals surface area (Å²) in [5, 5.41) is 0.685. The van der Waals surface area contributed by atoms with E-state index in [0.29, 0.717) is 10.9 Å². The maximum atomic E-state index is 12.0. The number of Topliss-reactive ketones (excluding diaryl/α,β-unsaturated/α-hetero) is 4. The van der Waals surface area contributed by atoms with Gasteiger partial charge in [-0.3, -0.25) is 19.2 Å². The van der Waals surface area contributed by atoms with E-state index in [9.17, 15) is 19.2 Å². The number of aromatic nitrogens is 1. The van der Waals surface area contributed by atoms with Gasteiger partial charge in [0, 0.05) is 17.1 Å². The number of carbonyl (C=O) groups is 4. The Morgan fingerprint density at radius 1 is 1.05 bits per heavy atom. The molecule has 100 valence electrons. The number of aromatic amines is 1. The second-order valence-electron chi connectivity index (χ2n) is 4.98. The highest BCUT2D eigenvalue weighted by Gasteiger charge is 2.43. The average molecular weight is 269 g/mol. The number of benzene rings is 1. The molecule has 20 heavy (non-hydrogen) atoms. The summed E-state index contributed by atoms with van der Waals surface area (Å²) in [4.78, 5) is 49.9. The second-order valence-corrected chi connectivity index (χ2v) is 4.98. The number of fused-ring (bicyclic) bond motifs is 1. The molecule has 0 atom stereocenters. The van der Waals surface area contributed by atoms with E-state index < -0.39 is 35.5 Å². The van der Waals surface area contributed by atoms with E-state index in [-0.39, 0.29) is 0 Å². The lowest BCUT2D eigenvalue weighted by molar-refractivity contribution is -0.149. The largest absolute Gasteiger partial charge is 0.361 e. The highest BCUT2D eigenvalue weighted by molar-refractivity contribution is 6.61. The molecule has 1 fully saturated rings. The SMILES string of the molecule is Cc1ccc2c(C3C(=O)C(=O)CC(=O)C3=O)c[nH]c2c1. The maximum absolute atomic E-state index is 12.0. The normalized spacial score (nSPS) is 17.2. The summed E-state index contributed by atoms with van der Waals surface area (Å²) < 4.78 is 0. The van der Waals surface area contributed by atoms with Gasteiger partial charge in [0.2, 0.25) is 23.1 Å². The van der Waals surface area contributed by atoms with Crippen molar-refractivity contribution in [2.24, 2.45) is 0 Å². The highest BCUT2D eigenvalue weighted by Crippen LogP contribution is 2.30. The van der Waals surface area contributed by atoms with Crippen molar-refractivity contribution in [3.05, 3.63) is 35.5 Å². The highest BCUT2D eigenvalue weighted by atomic mass is 16.2.